The van der Waals surface area contributed by atoms with Crippen molar-refractivity contribution in [2.75, 3.05) is 24.5 Å². The van der Waals surface area contributed by atoms with E-state index >= 15 is 0 Å². The van der Waals surface area contributed by atoms with Gasteiger partial charge in [-0.3, -0.25) is 0 Å². The molecule has 2 aromatic heterocycles. The molecule has 0 amide bonds. The summed E-state index contributed by atoms with van der Waals surface area (Å²) in [5, 5.41) is 3.25. The van der Waals surface area contributed by atoms with Gasteiger partial charge in [0.1, 0.15) is 17.0 Å². The highest BCUT2D eigenvalue weighted by Crippen LogP contribution is 2.31. The normalized spacial score (nSPS) is 24.7. The van der Waals surface area contributed by atoms with Crippen LogP contribution in [0.25, 0.3) is 10.2 Å². The van der Waals surface area contributed by atoms with E-state index in [-0.39, 0.29) is 0 Å². The first kappa shape index (κ1) is 11.9. The standard InChI is InChI=1S/C13H18N4S/c1-9-2-4-17(7-10(9)6-14)12-11-3-5-18-13(11)16-8-15-12/h3,5,8-10H,2,4,6-7,14H2,1H3. The molecular formula is C13H18N4S. The van der Waals surface area contributed by atoms with Crippen molar-refractivity contribution in [3.05, 3.63) is 17.8 Å². The van der Waals surface area contributed by atoms with Crippen LogP contribution in [-0.4, -0.2) is 29.6 Å². The number of nitrogens with zero attached hydrogens (tertiary/aromatic N) is 3. The minimum atomic E-state index is 0.572. The number of nitrogens with two attached hydrogens (primary N) is 1. The van der Waals surface area contributed by atoms with Gasteiger partial charge in [0.25, 0.3) is 0 Å². The summed E-state index contributed by atoms with van der Waals surface area (Å²) < 4.78 is 0. The predicted octanol–water partition coefficient (Wildman–Crippen LogP) is 2.11. The molecule has 1 aliphatic heterocycles. The van der Waals surface area contributed by atoms with Crippen LogP contribution < -0.4 is 10.6 Å². The second-order valence-corrected chi connectivity index (χ2v) is 5.94. The Balaban J connectivity index is 1.93. The number of hydrogen-bond donors (Lipinski definition) is 1. The fourth-order valence-corrected chi connectivity index (χ4v) is 3.40. The van der Waals surface area contributed by atoms with Crippen LogP contribution in [0.1, 0.15) is 13.3 Å². The van der Waals surface area contributed by atoms with E-state index in [1.165, 1.54) is 11.8 Å². The second kappa shape index (κ2) is 4.82. The Labute approximate surface area is 111 Å². The van der Waals surface area contributed by atoms with Crippen LogP contribution >= 0.6 is 11.3 Å². The number of anilines is 1. The zero-order valence-electron chi connectivity index (χ0n) is 10.5. The van der Waals surface area contributed by atoms with Gasteiger partial charge >= 0.3 is 0 Å². The molecule has 4 nitrogen and oxygen atoms in total. The first-order valence-electron chi connectivity index (χ1n) is 6.43. The van der Waals surface area contributed by atoms with Crippen LogP contribution in [0.3, 0.4) is 0 Å². The highest BCUT2D eigenvalue weighted by Gasteiger charge is 2.26. The number of aromatic nitrogens is 2. The van der Waals surface area contributed by atoms with Gasteiger partial charge in [-0.2, -0.15) is 0 Å². The van der Waals surface area contributed by atoms with Crippen molar-refractivity contribution in [1.82, 2.24) is 9.97 Å². The van der Waals surface area contributed by atoms with Gasteiger partial charge < -0.3 is 10.6 Å². The molecule has 2 atom stereocenters. The summed E-state index contributed by atoms with van der Waals surface area (Å²) in [4.78, 5) is 12.2. The van der Waals surface area contributed by atoms with E-state index in [9.17, 15) is 0 Å². The zero-order valence-corrected chi connectivity index (χ0v) is 11.4. The molecule has 0 saturated carbocycles. The molecule has 3 rings (SSSR count). The average molecular weight is 262 g/mol. The Morgan fingerprint density at radius 2 is 2.39 bits per heavy atom. The van der Waals surface area contributed by atoms with Gasteiger partial charge in [-0.15, -0.1) is 11.3 Å². The van der Waals surface area contributed by atoms with Crippen molar-refractivity contribution in [1.29, 1.82) is 0 Å². The fourth-order valence-electron chi connectivity index (χ4n) is 2.68. The van der Waals surface area contributed by atoms with E-state index in [2.05, 4.69) is 33.2 Å². The Morgan fingerprint density at radius 3 is 3.22 bits per heavy atom. The molecule has 0 bridgehead atoms. The summed E-state index contributed by atoms with van der Waals surface area (Å²) in [6.07, 6.45) is 2.86. The van der Waals surface area contributed by atoms with Gasteiger partial charge in [-0.05, 0) is 36.2 Å². The lowest BCUT2D eigenvalue weighted by molar-refractivity contribution is 0.307. The second-order valence-electron chi connectivity index (χ2n) is 5.04. The number of hydrogen-bond acceptors (Lipinski definition) is 5. The maximum absolute atomic E-state index is 5.87. The van der Waals surface area contributed by atoms with Crippen LogP contribution in [0, 0.1) is 11.8 Å². The molecule has 0 spiro atoms. The van der Waals surface area contributed by atoms with Crippen molar-refractivity contribution < 1.29 is 0 Å². The lowest BCUT2D eigenvalue weighted by Gasteiger charge is -2.37. The Morgan fingerprint density at radius 1 is 1.50 bits per heavy atom. The minimum absolute atomic E-state index is 0.572. The van der Waals surface area contributed by atoms with Crippen molar-refractivity contribution >= 4 is 27.4 Å². The molecule has 0 aromatic carbocycles. The third-order valence-electron chi connectivity index (χ3n) is 3.96. The summed E-state index contributed by atoms with van der Waals surface area (Å²) in [6, 6.07) is 2.12. The molecule has 0 radical (unpaired) electrons. The third-order valence-corrected chi connectivity index (χ3v) is 4.78. The first-order valence-corrected chi connectivity index (χ1v) is 7.30. The Kier molecular flexibility index (Phi) is 3.18. The number of piperidine rings is 1. The molecule has 1 aliphatic rings. The van der Waals surface area contributed by atoms with E-state index in [1.54, 1.807) is 17.7 Å². The molecule has 0 aliphatic carbocycles. The van der Waals surface area contributed by atoms with Crippen molar-refractivity contribution in [2.45, 2.75) is 13.3 Å². The number of rotatable bonds is 2. The highest BCUT2D eigenvalue weighted by atomic mass is 32.1. The van der Waals surface area contributed by atoms with E-state index < -0.39 is 0 Å². The fraction of sp³-hybridized carbons (Fsp3) is 0.538. The molecule has 18 heavy (non-hydrogen) atoms. The Bertz CT molecular complexity index is 539. The summed E-state index contributed by atoms with van der Waals surface area (Å²) in [6.45, 7) is 5.14. The predicted molar refractivity (Wildman–Crippen MR) is 76.0 cm³/mol. The van der Waals surface area contributed by atoms with E-state index in [1.807, 2.05) is 0 Å². The summed E-state index contributed by atoms with van der Waals surface area (Å²) >= 11 is 1.67. The maximum Gasteiger partial charge on any atom is 0.140 e. The molecule has 2 aromatic rings. The van der Waals surface area contributed by atoms with Crippen LogP contribution in [0.15, 0.2) is 17.8 Å². The van der Waals surface area contributed by atoms with Crippen LogP contribution in [0.4, 0.5) is 5.82 Å². The Hall–Kier alpha value is -1.20. The average Bonchev–Trinajstić information content (AvgIpc) is 2.87. The topological polar surface area (TPSA) is 55.0 Å². The zero-order chi connectivity index (χ0) is 12.5. The lowest BCUT2D eigenvalue weighted by Crippen LogP contribution is -2.43. The smallest absolute Gasteiger partial charge is 0.140 e. The summed E-state index contributed by atoms with van der Waals surface area (Å²) in [7, 11) is 0. The van der Waals surface area contributed by atoms with Crippen molar-refractivity contribution in [3.8, 4) is 0 Å². The molecule has 1 saturated heterocycles. The molecule has 5 heteroatoms. The monoisotopic (exact) mass is 262 g/mol. The van der Waals surface area contributed by atoms with Crippen molar-refractivity contribution in [3.63, 3.8) is 0 Å². The quantitative estimate of drug-likeness (QED) is 0.900. The van der Waals surface area contributed by atoms with Crippen LogP contribution in [0.2, 0.25) is 0 Å². The van der Waals surface area contributed by atoms with Gasteiger partial charge in [0.15, 0.2) is 0 Å². The first-order chi connectivity index (χ1) is 8.79. The van der Waals surface area contributed by atoms with E-state index in [4.69, 9.17) is 5.73 Å². The van der Waals surface area contributed by atoms with Crippen LogP contribution in [-0.2, 0) is 0 Å². The molecule has 2 N–H and O–H groups in total. The number of fused-ring (bicyclic) bond motifs is 1. The number of thiophene rings is 1. The van der Waals surface area contributed by atoms with Gasteiger partial charge in [0.05, 0.1) is 5.39 Å². The summed E-state index contributed by atoms with van der Waals surface area (Å²) in [5.41, 5.74) is 5.87. The molecule has 1 fully saturated rings. The van der Waals surface area contributed by atoms with Gasteiger partial charge in [0.2, 0.25) is 0 Å². The van der Waals surface area contributed by atoms with E-state index in [0.29, 0.717) is 11.8 Å². The SMILES string of the molecule is CC1CCN(c2ncnc3sccc23)CC1CN. The minimum Gasteiger partial charge on any atom is -0.356 e. The van der Waals surface area contributed by atoms with Gasteiger partial charge in [-0.1, -0.05) is 6.92 Å². The van der Waals surface area contributed by atoms with Crippen molar-refractivity contribution in [2.24, 2.45) is 17.6 Å². The molecule has 3 heterocycles. The van der Waals surface area contributed by atoms with Gasteiger partial charge in [0, 0.05) is 13.1 Å². The maximum atomic E-state index is 5.87. The third kappa shape index (κ3) is 1.97. The molecule has 96 valence electrons. The van der Waals surface area contributed by atoms with Gasteiger partial charge in [-0.25, -0.2) is 9.97 Å². The summed E-state index contributed by atoms with van der Waals surface area (Å²) in [5.74, 6) is 2.36. The molecular weight excluding hydrogens is 244 g/mol. The van der Waals surface area contributed by atoms with Crippen LogP contribution in [0.5, 0.6) is 0 Å². The highest BCUT2D eigenvalue weighted by molar-refractivity contribution is 7.16. The lowest BCUT2D eigenvalue weighted by atomic mass is 9.87. The van der Waals surface area contributed by atoms with E-state index in [0.717, 1.165) is 30.3 Å². The molecule has 2 unspecified atom stereocenters. The largest absolute Gasteiger partial charge is 0.356 e.